The highest BCUT2D eigenvalue weighted by Crippen LogP contribution is 2.27. The maximum absolute atomic E-state index is 10.8. The van der Waals surface area contributed by atoms with E-state index in [2.05, 4.69) is 4.99 Å². The summed E-state index contributed by atoms with van der Waals surface area (Å²) in [4.78, 5) is 24.2. The number of rotatable bonds is 3. The van der Waals surface area contributed by atoms with E-state index in [1.165, 1.54) is 31.4 Å². The summed E-state index contributed by atoms with van der Waals surface area (Å²) in [5.74, 6) is -0.201. The maximum Gasteiger partial charge on any atom is 0.248 e. The van der Waals surface area contributed by atoms with E-state index in [1.54, 1.807) is 0 Å². The van der Waals surface area contributed by atoms with Crippen molar-refractivity contribution in [3.8, 4) is 5.75 Å². The average Bonchev–Trinajstić information content (AvgIpc) is 2.18. The molecule has 0 aromatic heterocycles. The van der Waals surface area contributed by atoms with Crippen LogP contribution >= 0.6 is 0 Å². The van der Waals surface area contributed by atoms with Gasteiger partial charge in [-0.15, -0.1) is 0 Å². The molecule has 0 unspecified atom stereocenters. The van der Waals surface area contributed by atoms with Crippen molar-refractivity contribution >= 4 is 17.7 Å². The number of nitrogens with two attached hydrogens (primary N) is 1. The Bertz CT molecular complexity index is 409. The molecule has 0 atom stereocenters. The topological polar surface area (TPSA) is 81.8 Å². The van der Waals surface area contributed by atoms with Crippen molar-refractivity contribution in [1.82, 2.24) is 0 Å². The smallest absolute Gasteiger partial charge is 0.248 e. The third kappa shape index (κ3) is 1.97. The second-order valence-corrected chi connectivity index (χ2v) is 2.45. The summed E-state index contributed by atoms with van der Waals surface area (Å²) >= 11 is 0. The van der Waals surface area contributed by atoms with Crippen molar-refractivity contribution in [3.63, 3.8) is 0 Å². The molecule has 0 radical (unpaired) electrons. The highest BCUT2D eigenvalue weighted by Gasteiger charge is 2.06. The third-order valence-corrected chi connectivity index (χ3v) is 1.63. The van der Waals surface area contributed by atoms with Crippen molar-refractivity contribution in [3.05, 3.63) is 23.8 Å². The summed E-state index contributed by atoms with van der Waals surface area (Å²) in [6, 6.07) is 4.37. The van der Waals surface area contributed by atoms with E-state index in [9.17, 15) is 9.59 Å². The molecule has 5 heteroatoms. The van der Waals surface area contributed by atoms with Gasteiger partial charge in [0.1, 0.15) is 11.4 Å². The van der Waals surface area contributed by atoms with E-state index >= 15 is 0 Å². The molecule has 2 N–H and O–H groups in total. The summed E-state index contributed by atoms with van der Waals surface area (Å²) in [5.41, 5.74) is 5.55. The van der Waals surface area contributed by atoms with Gasteiger partial charge >= 0.3 is 0 Å². The average molecular weight is 192 g/mol. The number of hydrogen-bond acceptors (Lipinski definition) is 4. The Morgan fingerprint density at radius 1 is 1.57 bits per heavy atom. The van der Waals surface area contributed by atoms with Gasteiger partial charge in [0.05, 0.1) is 7.11 Å². The van der Waals surface area contributed by atoms with Gasteiger partial charge in [0.2, 0.25) is 12.0 Å². The van der Waals surface area contributed by atoms with Gasteiger partial charge in [0, 0.05) is 5.56 Å². The maximum atomic E-state index is 10.8. The molecule has 5 nitrogen and oxygen atoms in total. The molecule has 0 fully saturated rings. The number of amides is 1. The van der Waals surface area contributed by atoms with Crippen LogP contribution in [0.25, 0.3) is 0 Å². The van der Waals surface area contributed by atoms with E-state index in [0.717, 1.165) is 0 Å². The van der Waals surface area contributed by atoms with Crippen molar-refractivity contribution < 1.29 is 14.3 Å². The number of nitrogens with zero attached hydrogens (tertiary/aromatic N) is 1. The Kier molecular flexibility index (Phi) is 2.99. The van der Waals surface area contributed by atoms with Crippen molar-refractivity contribution in [1.29, 1.82) is 0 Å². The molecular weight excluding hydrogens is 184 g/mol. The minimum Gasteiger partial charge on any atom is -0.494 e. The Hall–Kier alpha value is -2.13. The van der Waals surface area contributed by atoms with Gasteiger partial charge in [0.15, 0.2) is 0 Å². The standard InChI is InChI=1S/C9H8N2O3/c1-14-8-3-2-6(9(10)13)4-7(8)11-5-12/h2-4H,1H3,(H2,10,13). The number of ether oxygens (including phenoxy) is 1. The highest BCUT2D eigenvalue weighted by molar-refractivity contribution is 5.94. The lowest BCUT2D eigenvalue weighted by Crippen LogP contribution is -2.10. The fourth-order valence-electron chi connectivity index (χ4n) is 0.980. The van der Waals surface area contributed by atoms with Crippen LogP contribution in [0.15, 0.2) is 23.2 Å². The molecule has 1 amide bonds. The Morgan fingerprint density at radius 3 is 2.79 bits per heavy atom. The Labute approximate surface area is 80.2 Å². The first-order chi connectivity index (χ1) is 6.69. The second-order valence-electron chi connectivity index (χ2n) is 2.45. The molecule has 1 rings (SSSR count). The quantitative estimate of drug-likeness (QED) is 0.567. The van der Waals surface area contributed by atoms with Crippen molar-refractivity contribution in [2.75, 3.05) is 7.11 Å². The number of carbonyl (C=O) groups excluding carboxylic acids is 2. The molecule has 14 heavy (non-hydrogen) atoms. The fourth-order valence-corrected chi connectivity index (χ4v) is 0.980. The summed E-state index contributed by atoms with van der Waals surface area (Å²) in [7, 11) is 1.43. The predicted molar refractivity (Wildman–Crippen MR) is 49.3 cm³/mol. The molecule has 0 aliphatic carbocycles. The van der Waals surface area contributed by atoms with Gasteiger partial charge in [-0.3, -0.25) is 4.79 Å². The minimum absolute atomic E-state index is 0.235. The molecular formula is C9H8N2O3. The van der Waals surface area contributed by atoms with Crippen LogP contribution < -0.4 is 10.5 Å². The second kappa shape index (κ2) is 4.20. The number of methoxy groups -OCH3 is 1. The zero-order valence-corrected chi connectivity index (χ0v) is 7.48. The van der Waals surface area contributed by atoms with Gasteiger partial charge in [-0.2, -0.15) is 4.99 Å². The largest absolute Gasteiger partial charge is 0.494 e. The van der Waals surface area contributed by atoms with Gasteiger partial charge < -0.3 is 10.5 Å². The molecule has 0 spiro atoms. The van der Waals surface area contributed by atoms with E-state index < -0.39 is 5.91 Å². The van der Waals surface area contributed by atoms with Crippen LogP contribution in [-0.4, -0.2) is 19.1 Å². The van der Waals surface area contributed by atoms with Crippen LogP contribution in [0.2, 0.25) is 0 Å². The molecule has 0 aliphatic rings. The normalized spacial score (nSPS) is 8.93. The van der Waals surface area contributed by atoms with Crippen molar-refractivity contribution in [2.24, 2.45) is 10.7 Å². The van der Waals surface area contributed by atoms with Crippen LogP contribution in [0.5, 0.6) is 5.75 Å². The molecule has 0 heterocycles. The first-order valence-electron chi connectivity index (χ1n) is 3.74. The van der Waals surface area contributed by atoms with E-state index in [1.807, 2.05) is 0 Å². The molecule has 72 valence electrons. The third-order valence-electron chi connectivity index (χ3n) is 1.63. The SMILES string of the molecule is COc1ccc(C(N)=O)cc1N=C=O. The van der Waals surface area contributed by atoms with E-state index in [0.29, 0.717) is 5.75 Å². The molecule has 1 aromatic carbocycles. The lowest BCUT2D eigenvalue weighted by molar-refractivity contribution is 0.100. The number of primary amides is 1. The summed E-state index contributed by atoms with van der Waals surface area (Å²) in [6.07, 6.45) is 1.37. The van der Waals surface area contributed by atoms with Gasteiger partial charge in [0.25, 0.3) is 0 Å². The van der Waals surface area contributed by atoms with Crippen LogP contribution in [0, 0.1) is 0 Å². The van der Waals surface area contributed by atoms with Crippen LogP contribution in [0.4, 0.5) is 5.69 Å². The first kappa shape index (κ1) is 9.95. The monoisotopic (exact) mass is 192 g/mol. The number of hydrogen-bond donors (Lipinski definition) is 1. The molecule has 0 saturated heterocycles. The molecule has 1 aromatic rings. The lowest BCUT2D eigenvalue weighted by atomic mass is 10.2. The van der Waals surface area contributed by atoms with Crippen LogP contribution in [0.3, 0.4) is 0 Å². The molecule has 0 aliphatic heterocycles. The lowest BCUT2D eigenvalue weighted by Gasteiger charge is -2.03. The van der Waals surface area contributed by atoms with E-state index in [4.69, 9.17) is 10.5 Å². The van der Waals surface area contributed by atoms with Gasteiger partial charge in [-0.25, -0.2) is 4.79 Å². The zero-order valence-electron chi connectivity index (χ0n) is 7.48. The molecule has 0 saturated carbocycles. The van der Waals surface area contributed by atoms with Gasteiger partial charge in [-0.1, -0.05) is 0 Å². The van der Waals surface area contributed by atoms with Gasteiger partial charge in [-0.05, 0) is 18.2 Å². The predicted octanol–water partition coefficient (Wildman–Crippen LogP) is 0.761. The van der Waals surface area contributed by atoms with Crippen molar-refractivity contribution in [2.45, 2.75) is 0 Å². The summed E-state index contributed by atoms with van der Waals surface area (Å²) < 4.78 is 4.91. The summed E-state index contributed by atoms with van der Waals surface area (Å²) in [5, 5.41) is 0. The van der Waals surface area contributed by atoms with Crippen LogP contribution in [0.1, 0.15) is 10.4 Å². The minimum atomic E-state index is -0.588. The number of carbonyl (C=O) groups is 1. The Balaban J connectivity index is 3.27. The number of isocyanates is 1. The zero-order chi connectivity index (χ0) is 10.6. The van der Waals surface area contributed by atoms with Crippen LogP contribution in [-0.2, 0) is 4.79 Å². The molecule has 0 bridgehead atoms. The number of benzene rings is 1. The first-order valence-corrected chi connectivity index (χ1v) is 3.74. The highest BCUT2D eigenvalue weighted by atomic mass is 16.5. The number of aliphatic imine (C=N–C) groups is 1. The Morgan fingerprint density at radius 2 is 2.29 bits per heavy atom. The summed E-state index contributed by atoms with van der Waals surface area (Å²) in [6.45, 7) is 0. The van der Waals surface area contributed by atoms with E-state index in [-0.39, 0.29) is 11.3 Å². The fraction of sp³-hybridized carbons (Fsp3) is 0.111.